The lowest BCUT2D eigenvalue weighted by atomic mass is 10.1. The highest BCUT2D eigenvalue weighted by atomic mass is 35.5. The van der Waals surface area contributed by atoms with Crippen LogP contribution >= 0.6 is 11.6 Å². The van der Waals surface area contributed by atoms with Crippen LogP contribution in [0.5, 0.6) is 0 Å². The minimum absolute atomic E-state index is 0.0670. The SMILES string of the molecule is C#CCNS(=O)(=O)c1cccc(C(=O)OC(C)c2ccccc2Cl)c1. The monoisotopic (exact) mass is 377 g/mol. The largest absolute Gasteiger partial charge is 0.454 e. The first-order valence-electron chi connectivity index (χ1n) is 7.34. The molecule has 0 saturated carbocycles. The summed E-state index contributed by atoms with van der Waals surface area (Å²) in [5.41, 5.74) is 0.777. The van der Waals surface area contributed by atoms with E-state index in [0.717, 1.165) is 0 Å². The molecule has 0 bridgehead atoms. The van der Waals surface area contributed by atoms with Gasteiger partial charge in [-0.05, 0) is 31.2 Å². The maximum absolute atomic E-state index is 12.3. The first kappa shape index (κ1) is 19.0. The van der Waals surface area contributed by atoms with Gasteiger partial charge < -0.3 is 4.74 Å². The van der Waals surface area contributed by atoms with E-state index in [2.05, 4.69) is 10.6 Å². The predicted octanol–water partition coefficient (Wildman–Crippen LogP) is 3.17. The molecule has 0 amide bonds. The molecule has 0 aliphatic heterocycles. The van der Waals surface area contributed by atoms with Gasteiger partial charge in [0, 0.05) is 10.6 Å². The second-order valence-electron chi connectivity index (χ2n) is 5.13. The second-order valence-corrected chi connectivity index (χ2v) is 7.30. The number of carbonyl (C=O) groups excluding carboxylic acids is 1. The topological polar surface area (TPSA) is 72.5 Å². The van der Waals surface area contributed by atoms with Crippen molar-refractivity contribution < 1.29 is 17.9 Å². The van der Waals surface area contributed by atoms with E-state index in [0.29, 0.717) is 10.6 Å². The fourth-order valence-electron chi connectivity index (χ4n) is 2.11. The van der Waals surface area contributed by atoms with Crippen molar-refractivity contribution in [1.82, 2.24) is 4.72 Å². The molecule has 1 atom stereocenters. The number of carbonyl (C=O) groups is 1. The summed E-state index contributed by atoms with van der Waals surface area (Å²) in [6, 6.07) is 12.6. The fraction of sp³-hybridized carbons (Fsp3) is 0.167. The van der Waals surface area contributed by atoms with Gasteiger partial charge in [0.2, 0.25) is 10.0 Å². The Labute approximate surface area is 152 Å². The molecule has 0 heterocycles. The van der Waals surface area contributed by atoms with Gasteiger partial charge in [0.15, 0.2) is 0 Å². The molecule has 2 aromatic rings. The highest BCUT2D eigenvalue weighted by Crippen LogP contribution is 2.26. The molecule has 0 radical (unpaired) electrons. The summed E-state index contributed by atoms with van der Waals surface area (Å²) in [6.45, 7) is 1.55. The van der Waals surface area contributed by atoms with E-state index < -0.39 is 22.1 Å². The molecule has 25 heavy (non-hydrogen) atoms. The number of nitrogens with one attached hydrogen (secondary N) is 1. The van der Waals surface area contributed by atoms with Crippen molar-refractivity contribution in [2.45, 2.75) is 17.9 Å². The molecule has 7 heteroatoms. The van der Waals surface area contributed by atoms with E-state index in [4.69, 9.17) is 22.8 Å². The van der Waals surface area contributed by atoms with E-state index >= 15 is 0 Å². The summed E-state index contributed by atoms with van der Waals surface area (Å²) >= 11 is 6.09. The minimum atomic E-state index is -3.79. The van der Waals surface area contributed by atoms with Crippen molar-refractivity contribution in [3.05, 3.63) is 64.7 Å². The third kappa shape index (κ3) is 4.83. The number of ether oxygens (including phenoxy) is 1. The van der Waals surface area contributed by atoms with Gasteiger partial charge in [-0.25, -0.2) is 13.2 Å². The van der Waals surface area contributed by atoms with Crippen LogP contribution in [0.1, 0.15) is 28.9 Å². The van der Waals surface area contributed by atoms with Gasteiger partial charge in [0.1, 0.15) is 6.10 Å². The summed E-state index contributed by atoms with van der Waals surface area (Å²) in [5.74, 6) is 1.53. The Hall–Kier alpha value is -2.33. The van der Waals surface area contributed by atoms with Crippen LogP contribution in [0.25, 0.3) is 0 Å². The van der Waals surface area contributed by atoms with Crippen LogP contribution in [-0.2, 0) is 14.8 Å². The lowest BCUT2D eigenvalue weighted by molar-refractivity contribution is 0.0338. The van der Waals surface area contributed by atoms with Gasteiger partial charge in [0.25, 0.3) is 0 Å². The number of esters is 1. The zero-order chi connectivity index (χ0) is 18.4. The van der Waals surface area contributed by atoms with Crippen LogP contribution < -0.4 is 4.72 Å². The van der Waals surface area contributed by atoms with Crippen molar-refractivity contribution in [3.63, 3.8) is 0 Å². The van der Waals surface area contributed by atoms with Gasteiger partial charge in [0.05, 0.1) is 17.0 Å². The van der Waals surface area contributed by atoms with E-state index in [9.17, 15) is 13.2 Å². The lowest BCUT2D eigenvalue weighted by Crippen LogP contribution is -2.24. The van der Waals surface area contributed by atoms with Gasteiger partial charge in [-0.2, -0.15) is 4.72 Å². The van der Waals surface area contributed by atoms with E-state index in [1.807, 2.05) is 0 Å². The molecule has 0 saturated heterocycles. The number of benzene rings is 2. The summed E-state index contributed by atoms with van der Waals surface area (Å²) < 4.78 is 31.8. The molecule has 130 valence electrons. The molecule has 0 spiro atoms. The number of hydrogen-bond donors (Lipinski definition) is 1. The minimum Gasteiger partial charge on any atom is -0.454 e. The highest BCUT2D eigenvalue weighted by Gasteiger charge is 2.19. The average Bonchev–Trinajstić information content (AvgIpc) is 2.60. The fourth-order valence-corrected chi connectivity index (χ4v) is 3.38. The smallest absolute Gasteiger partial charge is 0.338 e. The Balaban J connectivity index is 2.19. The van der Waals surface area contributed by atoms with Gasteiger partial charge in [-0.15, -0.1) is 6.42 Å². The Bertz CT molecular complexity index is 919. The zero-order valence-electron chi connectivity index (χ0n) is 13.4. The van der Waals surface area contributed by atoms with Crippen LogP contribution in [0.3, 0.4) is 0 Å². The van der Waals surface area contributed by atoms with Gasteiger partial charge in [-0.3, -0.25) is 0 Å². The molecule has 5 nitrogen and oxygen atoms in total. The number of terminal acetylenes is 1. The van der Waals surface area contributed by atoms with Crippen molar-refractivity contribution >= 4 is 27.6 Å². The van der Waals surface area contributed by atoms with Crippen LogP contribution in [0, 0.1) is 12.3 Å². The van der Waals surface area contributed by atoms with Crippen LogP contribution in [-0.4, -0.2) is 20.9 Å². The lowest BCUT2D eigenvalue weighted by Gasteiger charge is -2.15. The molecule has 2 rings (SSSR count). The maximum Gasteiger partial charge on any atom is 0.338 e. The van der Waals surface area contributed by atoms with Crippen molar-refractivity contribution in [3.8, 4) is 12.3 Å². The number of halogens is 1. The van der Waals surface area contributed by atoms with Crippen LogP contribution in [0.15, 0.2) is 53.4 Å². The van der Waals surface area contributed by atoms with Crippen LogP contribution in [0.4, 0.5) is 0 Å². The zero-order valence-corrected chi connectivity index (χ0v) is 15.0. The number of rotatable bonds is 6. The summed E-state index contributed by atoms with van der Waals surface area (Å²) in [7, 11) is -3.79. The third-order valence-corrected chi connectivity index (χ3v) is 5.11. The van der Waals surface area contributed by atoms with Gasteiger partial charge >= 0.3 is 5.97 Å². The standard InChI is InChI=1S/C18H16ClNO4S/c1-3-11-20-25(22,23)15-8-6-7-14(12-15)18(21)24-13(2)16-9-4-5-10-17(16)19/h1,4-10,12-13,20H,11H2,2H3. The highest BCUT2D eigenvalue weighted by molar-refractivity contribution is 7.89. The first-order chi connectivity index (χ1) is 11.8. The Morgan fingerprint density at radius 3 is 2.68 bits per heavy atom. The number of sulfonamides is 1. The molecule has 0 fully saturated rings. The Kier molecular flexibility index (Phi) is 6.21. The molecule has 0 aliphatic rings. The summed E-state index contributed by atoms with van der Waals surface area (Å²) in [6.07, 6.45) is 4.47. The Morgan fingerprint density at radius 2 is 2.00 bits per heavy atom. The molecular formula is C18H16ClNO4S. The van der Waals surface area contributed by atoms with Crippen molar-refractivity contribution in [1.29, 1.82) is 0 Å². The summed E-state index contributed by atoms with van der Waals surface area (Å²) in [5, 5.41) is 0.484. The maximum atomic E-state index is 12.3. The van der Waals surface area contributed by atoms with E-state index in [-0.39, 0.29) is 17.0 Å². The number of hydrogen-bond acceptors (Lipinski definition) is 4. The molecule has 0 aliphatic carbocycles. The third-order valence-electron chi connectivity index (χ3n) is 3.37. The molecule has 0 aromatic heterocycles. The molecule has 2 aromatic carbocycles. The normalized spacial score (nSPS) is 12.2. The predicted molar refractivity (Wildman–Crippen MR) is 95.7 cm³/mol. The van der Waals surface area contributed by atoms with E-state index in [1.165, 1.54) is 24.3 Å². The average molecular weight is 378 g/mol. The molecule has 1 N–H and O–H groups in total. The first-order valence-corrected chi connectivity index (χ1v) is 9.20. The summed E-state index contributed by atoms with van der Waals surface area (Å²) in [4.78, 5) is 12.3. The van der Waals surface area contributed by atoms with Crippen molar-refractivity contribution in [2.75, 3.05) is 6.54 Å². The second kappa shape index (κ2) is 8.17. The molecular weight excluding hydrogens is 362 g/mol. The quantitative estimate of drug-likeness (QED) is 0.620. The van der Waals surface area contributed by atoms with E-state index in [1.54, 1.807) is 31.2 Å². The molecule has 1 unspecified atom stereocenters. The Morgan fingerprint density at radius 1 is 1.28 bits per heavy atom. The van der Waals surface area contributed by atoms with Crippen molar-refractivity contribution in [2.24, 2.45) is 0 Å². The van der Waals surface area contributed by atoms with Gasteiger partial charge in [-0.1, -0.05) is 41.8 Å². The van der Waals surface area contributed by atoms with Crippen LogP contribution in [0.2, 0.25) is 5.02 Å².